The van der Waals surface area contributed by atoms with Crippen LogP contribution < -0.4 is 5.32 Å². The van der Waals surface area contributed by atoms with Gasteiger partial charge in [-0.05, 0) is 18.9 Å². The van der Waals surface area contributed by atoms with Crippen LogP contribution in [0, 0.1) is 12.8 Å². The van der Waals surface area contributed by atoms with Crippen LogP contribution in [0.1, 0.15) is 36.3 Å². The van der Waals surface area contributed by atoms with Gasteiger partial charge in [0, 0.05) is 11.9 Å². The molecule has 0 bridgehead atoms. The van der Waals surface area contributed by atoms with Gasteiger partial charge in [-0.15, -0.1) is 0 Å². The maximum Gasteiger partial charge on any atom is 0.326 e. The topological polar surface area (TPSA) is 79.3 Å². The number of hydrogen-bond acceptors (Lipinski definition) is 3. The number of aliphatic carboxylic acids is 1. The van der Waals surface area contributed by atoms with Crippen molar-refractivity contribution in [1.29, 1.82) is 0 Å². The second-order valence-corrected chi connectivity index (χ2v) is 4.89. The van der Waals surface area contributed by atoms with E-state index in [1.807, 2.05) is 6.92 Å². The number of amides is 1. The standard InChI is InChI=1S/C13H17ClN2O3/c1-4-7(2)11(13(18)19)16-12(17)9-6-15-8(3)5-10(9)14/h5-7,11H,4H2,1-3H3,(H,16,17)(H,18,19)/t7?,11-/m0/s1. The van der Waals surface area contributed by atoms with Crippen LogP contribution in [0.3, 0.4) is 0 Å². The number of hydrogen-bond donors (Lipinski definition) is 2. The Morgan fingerprint density at radius 1 is 1.53 bits per heavy atom. The van der Waals surface area contributed by atoms with Crippen molar-refractivity contribution in [2.24, 2.45) is 5.92 Å². The third kappa shape index (κ3) is 3.92. The summed E-state index contributed by atoms with van der Waals surface area (Å²) in [5, 5.41) is 11.9. The molecule has 0 radical (unpaired) electrons. The number of nitrogens with one attached hydrogen (secondary N) is 1. The van der Waals surface area contributed by atoms with Crippen LogP contribution in [0.25, 0.3) is 0 Å². The summed E-state index contributed by atoms with van der Waals surface area (Å²) in [5.41, 5.74) is 0.875. The smallest absolute Gasteiger partial charge is 0.326 e. The molecule has 1 amide bonds. The molecule has 6 heteroatoms. The van der Waals surface area contributed by atoms with Crippen molar-refractivity contribution in [3.63, 3.8) is 0 Å². The minimum Gasteiger partial charge on any atom is -0.480 e. The highest BCUT2D eigenvalue weighted by Crippen LogP contribution is 2.16. The normalized spacial score (nSPS) is 13.7. The van der Waals surface area contributed by atoms with Gasteiger partial charge >= 0.3 is 5.97 Å². The SMILES string of the molecule is CCC(C)[C@H](NC(=O)c1cnc(C)cc1Cl)C(=O)O. The molecule has 19 heavy (non-hydrogen) atoms. The first-order chi connectivity index (χ1) is 8.86. The molecule has 2 atom stereocenters. The Morgan fingerprint density at radius 2 is 2.16 bits per heavy atom. The number of halogens is 1. The highest BCUT2D eigenvalue weighted by molar-refractivity contribution is 6.33. The van der Waals surface area contributed by atoms with Crippen LogP contribution in [-0.4, -0.2) is 28.0 Å². The number of nitrogens with zero attached hydrogens (tertiary/aromatic N) is 1. The zero-order chi connectivity index (χ0) is 14.6. The molecule has 1 aromatic heterocycles. The van der Waals surface area contributed by atoms with Gasteiger partial charge in [0.1, 0.15) is 6.04 Å². The number of carbonyl (C=O) groups excluding carboxylic acids is 1. The maximum atomic E-state index is 12.0. The van der Waals surface area contributed by atoms with E-state index >= 15 is 0 Å². The first kappa shape index (κ1) is 15.4. The van der Waals surface area contributed by atoms with Crippen molar-refractivity contribution < 1.29 is 14.7 Å². The summed E-state index contributed by atoms with van der Waals surface area (Å²) in [7, 11) is 0. The third-order valence-electron chi connectivity index (χ3n) is 3.00. The number of carbonyl (C=O) groups is 2. The number of carboxylic acid groups (broad SMARTS) is 1. The van der Waals surface area contributed by atoms with Gasteiger partial charge < -0.3 is 10.4 Å². The second kappa shape index (κ2) is 6.52. The van der Waals surface area contributed by atoms with Gasteiger partial charge in [-0.3, -0.25) is 9.78 Å². The monoisotopic (exact) mass is 284 g/mol. The zero-order valence-corrected chi connectivity index (χ0v) is 11.9. The van der Waals surface area contributed by atoms with Crippen molar-refractivity contribution in [2.75, 3.05) is 0 Å². The summed E-state index contributed by atoms with van der Waals surface area (Å²) in [6.07, 6.45) is 2.00. The molecule has 0 spiro atoms. The lowest BCUT2D eigenvalue weighted by atomic mass is 9.99. The quantitative estimate of drug-likeness (QED) is 0.869. The molecule has 0 aliphatic rings. The Labute approximate surface area is 117 Å². The van der Waals surface area contributed by atoms with Crippen molar-refractivity contribution >= 4 is 23.5 Å². The van der Waals surface area contributed by atoms with Crippen LogP contribution in [0.2, 0.25) is 5.02 Å². The molecule has 0 saturated heterocycles. The van der Waals surface area contributed by atoms with E-state index in [1.54, 1.807) is 19.9 Å². The van der Waals surface area contributed by atoms with Crippen LogP contribution in [0.4, 0.5) is 0 Å². The number of aromatic nitrogens is 1. The first-order valence-electron chi connectivity index (χ1n) is 6.02. The summed E-state index contributed by atoms with van der Waals surface area (Å²) in [6.45, 7) is 5.40. The summed E-state index contributed by atoms with van der Waals surface area (Å²) >= 11 is 5.95. The minimum atomic E-state index is -1.06. The van der Waals surface area contributed by atoms with Gasteiger partial charge in [-0.2, -0.15) is 0 Å². The maximum absolute atomic E-state index is 12.0. The van der Waals surface area contributed by atoms with E-state index in [9.17, 15) is 9.59 Å². The van der Waals surface area contributed by atoms with Crippen molar-refractivity contribution in [3.8, 4) is 0 Å². The molecule has 0 aromatic carbocycles. The summed E-state index contributed by atoms with van der Waals surface area (Å²) < 4.78 is 0. The van der Waals surface area contributed by atoms with Gasteiger partial charge in [0.05, 0.1) is 10.6 Å². The number of carboxylic acids is 1. The molecular weight excluding hydrogens is 268 g/mol. The average Bonchev–Trinajstić information content (AvgIpc) is 2.34. The fourth-order valence-electron chi connectivity index (χ4n) is 1.60. The molecule has 0 aliphatic carbocycles. The molecule has 104 valence electrons. The van der Waals surface area contributed by atoms with E-state index in [2.05, 4.69) is 10.3 Å². The molecule has 0 saturated carbocycles. The molecule has 1 aromatic rings. The Balaban J connectivity index is 2.91. The lowest BCUT2D eigenvalue weighted by Crippen LogP contribution is -2.45. The largest absolute Gasteiger partial charge is 0.480 e. The van der Waals surface area contributed by atoms with E-state index < -0.39 is 17.9 Å². The Bertz CT molecular complexity index is 491. The summed E-state index contributed by atoms with van der Waals surface area (Å²) in [4.78, 5) is 27.1. The van der Waals surface area contributed by atoms with Gasteiger partial charge in [-0.1, -0.05) is 31.9 Å². The first-order valence-corrected chi connectivity index (χ1v) is 6.40. The van der Waals surface area contributed by atoms with Crippen molar-refractivity contribution in [2.45, 2.75) is 33.2 Å². The van der Waals surface area contributed by atoms with Crippen molar-refractivity contribution in [3.05, 3.63) is 28.5 Å². The molecule has 0 fully saturated rings. The predicted octanol–water partition coefficient (Wildman–Crippen LogP) is 2.27. The fourth-order valence-corrected chi connectivity index (χ4v) is 1.89. The van der Waals surface area contributed by atoms with Crippen molar-refractivity contribution in [1.82, 2.24) is 10.3 Å². The minimum absolute atomic E-state index is 0.168. The van der Waals surface area contributed by atoms with E-state index in [4.69, 9.17) is 16.7 Å². The summed E-state index contributed by atoms with van der Waals surface area (Å²) in [5.74, 6) is -1.75. The van der Waals surface area contributed by atoms with E-state index in [0.29, 0.717) is 12.1 Å². The molecule has 1 rings (SSSR count). The Kier molecular flexibility index (Phi) is 5.30. The molecular formula is C13H17ClN2O3. The van der Waals surface area contributed by atoms with Crippen LogP contribution in [0.15, 0.2) is 12.3 Å². The van der Waals surface area contributed by atoms with E-state index in [-0.39, 0.29) is 16.5 Å². The van der Waals surface area contributed by atoms with Gasteiger partial charge in [-0.25, -0.2) is 4.79 Å². The molecule has 1 heterocycles. The van der Waals surface area contributed by atoms with E-state index in [0.717, 1.165) is 0 Å². The number of rotatable bonds is 5. The molecule has 0 aliphatic heterocycles. The molecule has 2 N–H and O–H groups in total. The van der Waals surface area contributed by atoms with Gasteiger partial charge in [0.25, 0.3) is 5.91 Å². The van der Waals surface area contributed by atoms with Crippen LogP contribution in [0.5, 0.6) is 0 Å². The number of aryl methyl sites for hydroxylation is 1. The zero-order valence-electron chi connectivity index (χ0n) is 11.1. The lowest BCUT2D eigenvalue weighted by Gasteiger charge is -2.20. The van der Waals surface area contributed by atoms with Crippen LogP contribution >= 0.6 is 11.6 Å². The second-order valence-electron chi connectivity index (χ2n) is 4.48. The predicted molar refractivity (Wildman–Crippen MR) is 72.3 cm³/mol. The van der Waals surface area contributed by atoms with Gasteiger partial charge in [0.15, 0.2) is 0 Å². The highest BCUT2D eigenvalue weighted by Gasteiger charge is 2.26. The third-order valence-corrected chi connectivity index (χ3v) is 3.31. The average molecular weight is 285 g/mol. The Morgan fingerprint density at radius 3 is 2.63 bits per heavy atom. The van der Waals surface area contributed by atoms with E-state index in [1.165, 1.54) is 6.20 Å². The van der Waals surface area contributed by atoms with Crippen LogP contribution in [-0.2, 0) is 4.79 Å². The highest BCUT2D eigenvalue weighted by atomic mass is 35.5. The number of pyridine rings is 1. The molecule has 5 nitrogen and oxygen atoms in total. The van der Waals surface area contributed by atoms with Gasteiger partial charge in [0.2, 0.25) is 0 Å². The lowest BCUT2D eigenvalue weighted by molar-refractivity contribution is -0.140. The fraction of sp³-hybridized carbons (Fsp3) is 0.462. The molecule has 1 unspecified atom stereocenters. The summed E-state index contributed by atoms with van der Waals surface area (Å²) in [6, 6.07) is 0.630. The Hall–Kier alpha value is -1.62.